The number of halogens is 1. The molecule has 0 fully saturated rings. The van der Waals surface area contributed by atoms with Gasteiger partial charge in [-0.2, -0.15) is 0 Å². The smallest absolute Gasteiger partial charge is 0.220 e. The average Bonchev–Trinajstić information content (AvgIpc) is 3.20. The van der Waals surface area contributed by atoms with Crippen molar-refractivity contribution in [3.8, 4) is 22.8 Å². The van der Waals surface area contributed by atoms with Crippen LogP contribution in [0.3, 0.4) is 0 Å². The van der Waals surface area contributed by atoms with Crippen molar-refractivity contribution < 1.29 is 23.1 Å². The Bertz CT molecular complexity index is 986. The van der Waals surface area contributed by atoms with Crippen LogP contribution in [-0.4, -0.2) is 25.1 Å². The van der Waals surface area contributed by atoms with Crippen molar-refractivity contribution in [1.29, 1.82) is 0 Å². The van der Waals surface area contributed by atoms with Crippen molar-refractivity contribution in [2.75, 3.05) is 14.2 Å². The van der Waals surface area contributed by atoms with Crippen LogP contribution in [0.5, 0.6) is 11.5 Å². The first kappa shape index (κ1) is 20.4. The van der Waals surface area contributed by atoms with Crippen LogP contribution in [0.15, 0.2) is 53.1 Å². The van der Waals surface area contributed by atoms with Gasteiger partial charge in [0.05, 0.1) is 32.0 Å². The van der Waals surface area contributed by atoms with Crippen LogP contribution < -0.4 is 14.8 Å². The SMILES string of the molecule is COc1ccc(OC)c(C(C)NC(=O)CCc2ncc(-c3ccccc3F)o2)c1. The molecule has 3 rings (SSSR count). The summed E-state index contributed by atoms with van der Waals surface area (Å²) in [7, 11) is 3.16. The Morgan fingerprint density at radius 1 is 1.21 bits per heavy atom. The quantitative estimate of drug-likeness (QED) is 0.612. The van der Waals surface area contributed by atoms with E-state index in [1.807, 2.05) is 13.0 Å². The third-order valence-electron chi connectivity index (χ3n) is 4.54. The fraction of sp³-hybridized carbons (Fsp3) is 0.273. The predicted octanol–water partition coefficient (Wildman–Crippen LogP) is 4.31. The van der Waals surface area contributed by atoms with E-state index in [2.05, 4.69) is 10.3 Å². The molecule has 0 aliphatic rings. The van der Waals surface area contributed by atoms with Gasteiger partial charge in [-0.3, -0.25) is 4.79 Å². The standard InChI is InChI=1S/C22H23FN2O4/c1-14(17-12-15(27-2)8-9-19(17)28-3)25-21(26)10-11-22-24-13-20(29-22)16-6-4-5-7-18(16)23/h4-9,12-14H,10-11H2,1-3H3,(H,25,26). The van der Waals surface area contributed by atoms with Crippen LogP contribution in [0, 0.1) is 5.82 Å². The van der Waals surface area contributed by atoms with Gasteiger partial charge in [0, 0.05) is 18.4 Å². The zero-order chi connectivity index (χ0) is 20.8. The highest BCUT2D eigenvalue weighted by Crippen LogP contribution is 2.29. The van der Waals surface area contributed by atoms with Crippen LogP contribution >= 0.6 is 0 Å². The Morgan fingerprint density at radius 2 is 2.00 bits per heavy atom. The lowest BCUT2D eigenvalue weighted by molar-refractivity contribution is -0.121. The second-order valence-electron chi connectivity index (χ2n) is 6.50. The number of aromatic nitrogens is 1. The number of rotatable bonds is 8. The van der Waals surface area contributed by atoms with Gasteiger partial charge in [-0.1, -0.05) is 12.1 Å². The predicted molar refractivity (Wildman–Crippen MR) is 106 cm³/mol. The van der Waals surface area contributed by atoms with Crippen LogP contribution in [-0.2, 0) is 11.2 Å². The lowest BCUT2D eigenvalue weighted by Gasteiger charge is -2.18. The minimum Gasteiger partial charge on any atom is -0.497 e. The van der Waals surface area contributed by atoms with Crippen LogP contribution in [0.4, 0.5) is 4.39 Å². The number of aryl methyl sites for hydroxylation is 1. The van der Waals surface area contributed by atoms with Crippen molar-refractivity contribution in [1.82, 2.24) is 10.3 Å². The second kappa shape index (κ2) is 9.23. The summed E-state index contributed by atoms with van der Waals surface area (Å²) in [5.41, 5.74) is 1.16. The molecular formula is C22H23FN2O4. The maximum Gasteiger partial charge on any atom is 0.220 e. The van der Waals surface area contributed by atoms with Gasteiger partial charge in [0.25, 0.3) is 0 Å². The molecule has 0 aliphatic carbocycles. The summed E-state index contributed by atoms with van der Waals surface area (Å²) in [6.07, 6.45) is 1.96. The molecule has 6 nitrogen and oxygen atoms in total. The van der Waals surface area contributed by atoms with Crippen molar-refractivity contribution in [3.63, 3.8) is 0 Å². The molecule has 1 amide bonds. The van der Waals surface area contributed by atoms with E-state index in [0.29, 0.717) is 35.1 Å². The first-order valence-corrected chi connectivity index (χ1v) is 9.22. The maximum absolute atomic E-state index is 13.8. The molecule has 0 aliphatic heterocycles. The molecule has 1 N–H and O–H groups in total. The number of amides is 1. The van der Waals surface area contributed by atoms with E-state index < -0.39 is 0 Å². The van der Waals surface area contributed by atoms with Gasteiger partial charge in [-0.05, 0) is 37.3 Å². The van der Waals surface area contributed by atoms with E-state index in [-0.39, 0.29) is 24.2 Å². The number of hydrogen-bond acceptors (Lipinski definition) is 5. The number of hydrogen-bond donors (Lipinski definition) is 1. The van der Waals surface area contributed by atoms with Crippen molar-refractivity contribution in [2.24, 2.45) is 0 Å². The fourth-order valence-corrected chi connectivity index (χ4v) is 3.00. The first-order valence-electron chi connectivity index (χ1n) is 9.22. The largest absolute Gasteiger partial charge is 0.497 e. The molecule has 0 radical (unpaired) electrons. The van der Waals surface area contributed by atoms with Gasteiger partial charge in [-0.25, -0.2) is 9.37 Å². The molecule has 3 aromatic rings. The van der Waals surface area contributed by atoms with Gasteiger partial charge in [0.1, 0.15) is 17.3 Å². The zero-order valence-electron chi connectivity index (χ0n) is 16.6. The second-order valence-corrected chi connectivity index (χ2v) is 6.50. The third-order valence-corrected chi connectivity index (χ3v) is 4.54. The van der Waals surface area contributed by atoms with E-state index in [0.717, 1.165) is 5.56 Å². The fourth-order valence-electron chi connectivity index (χ4n) is 3.00. The Kier molecular flexibility index (Phi) is 6.49. The van der Waals surface area contributed by atoms with E-state index in [9.17, 15) is 9.18 Å². The number of nitrogens with zero attached hydrogens (tertiary/aromatic N) is 1. The number of methoxy groups -OCH3 is 2. The molecule has 0 bridgehead atoms. The number of ether oxygens (including phenoxy) is 2. The average molecular weight is 398 g/mol. The summed E-state index contributed by atoms with van der Waals surface area (Å²) in [4.78, 5) is 16.5. The van der Waals surface area contributed by atoms with E-state index >= 15 is 0 Å². The first-order chi connectivity index (χ1) is 14.0. The third kappa shape index (κ3) is 4.93. The van der Waals surface area contributed by atoms with Crippen molar-refractivity contribution in [2.45, 2.75) is 25.8 Å². The molecule has 0 spiro atoms. The Morgan fingerprint density at radius 3 is 2.72 bits per heavy atom. The Balaban J connectivity index is 1.60. The van der Waals surface area contributed by atoms with E-state index in [1.54, 1.807) is 44.6 Å². The molecule has 7 heteroatoms. The highest BCUT2D eigenvalue weighted by Gasteiger charge is 2.16. The summed E-state index contributed by atoms with van der Waals surface area (Å²) in [6.45, 7) is 1.87. The highest BCUT2D eigenvalue weighted by molar-refractivity contribution is 5.76. The molecule has 1 aromatic heterocycles. The van der Waals surface area contributed by atoms with Crippen LogP contribution in [0.25, 0.3) is 11.3 Å². The number of benzene rings is 2. The molecule has 1 heterocycles. The normalized spacial score (nSPS) is 11.7. The van der Waals surface area contributed by atoms with Gasteiger partial charge >= 0.3 is 0 Å². The van der Waals surface area contributed by atoms with Gasteiger partial charge < -0.3 is 19.2 Å². The highest BCUT2D eigenvalue weighted by atomic mass is 19.1. The van der Waals surface area contributed by atoms with Gasteiger partial charge in [-0.15, -0.1) is 0 Å². The minimum atomic E-state index is -0.381. The number of carbonyl (C=O) groups is 1. The number of oxazole rings is 1. The van der Waals surface area contributed by atoms with E-state index in [4.69, 9.17) is 13.9 Å². The van der Waals surface area contributed by atoms with Crippen molar-refractivity contribution >= 4 is 5.91 Å². The topological polar surface area (TPSA) is 73.6 Å². The monoisotopic (exact) mass is 398 g/mol. The maximum atomic E-state index is 13.8. The molecule has 1 unspecified atom stereocenters. The summed E-state index contributed by atoms with van der Waals surface area (Å²) in [5.74, 6) is 1.53. The number of carbonyl (C=O) groups excluding carboxylic acids is 1. The van der Waals surface area contributed by atoms with Gasteiger partial charge in [0.2, 0.25) is 5.91 Å². The molecule has 1 atom stereocenters. The van der Waals surface area contributed by atoms with Gasteiger partial charge in [0.15, 0.2) is 11.7 Å². The molecule has 152 valence electrons. The lowest BCUT2D eigenvalue weighted by atomic mass is 10.1. The zero-order valence-corrected chi connectivity index (χ0v) is 16.6. The molecular weight excluding hydrogens is 375 g/mol. The molecule has 29 heavy (non-hydrogen) atoms. The summed E-state index contributed by atoms with van der Waals surface area (Å²) >= 11 is 0. The number of nitrogens with one attached hydrogen (secondary N) is 1. The molecule has 2 aromatic carbocycles. The summed E-state index contributed by atoms with van der Waals surface area (Å²) in [6, 6.07) is 11.5. The molecule has 0 saturated heterocycles. The lowest BCUT2D eigenvalue weighted by Crippen LogP contribution is -2.27. The van der Waals surface area contributed by atoms with Crippen molar-refractivity contribution in [3.05, 3.63) is 65.9 Å². The summed E-state index contributed by atoms with van der Waals surface area (Å²) in [5, 5.41) is 2.94. The Hall–Kier alpha value is -3.35. The summed E-state index contributed by atoms with van der Waals surface area (Å²) < 4.78 is 30.1. The van der Waals surface area contributed by atoms with Crippen LogP contribution in [0.2, 0.25) is 0 Å². The van der Waals surface area contributed by atoms with E-state index in [1.165, 1.54) is 12.3 Å². The Labute approximate surface area is 168 Å². The molecule has 0 saturated carbocycles. The minimum absolute atomic E-state index is 0.159. The van der Waals surface area contributed by atoms with Crippen LogP contribution in [0.1, 0.15) is 30.8 Å².